The molecule has 6 atom stereocenters. The molecule has 1 rings (SSSR count). The van der Waals surface area contributed by atoms with Crippen LogP contribution in [-0.4, -0.2) is 88.8 Å². The number of hydrogen-bond donors (Lipinski definition) is 2. The van der Waals surface area contributed by atoms with Gasteiger partial charge in [0.25, 0.3) is 0 Å². The number of amides is 1. The van der Waals surface area contributed by atoms with Gasteiger partial charge in [0.05, 0.1) is 18.6 Å². The van der Waals surface area contributed by atoms with E-state index in [-0.39, 0.29) is 31.8 Å². The monoisotopic (exact) mass is 1020 g/mol. The van der Waals surface area contributed by atoms with E-state index in [0.717, 1.165) is 77.0 Å². The Hall–Kier alpha value is -1.62. The summed E-state index contributed by atoms with van der Waals surface area (Å²) in [5, 5.41) is 2.95. The van der Waals surface area contributed by atoms with Crippen molar-refractivity contribution in [1.82, 2.24) is 5.32 Å². The highest BCUT2D eigenvalue weighted by molar-refractivity contribution is 7.80. The number of unbranched alkanes of at least 4 members (excludes halogenated alkanes) is 28. The van der Waals surface area contributed by atoms with Gasteiger partial charge in [-0.15, -0.1) is 0 Å². The topological polar surface area (TPSA) is 173 Å². The summed E-state index contributed by atoms with van der Waals surface area (Å²) < 4.78 is 71.1. The molecular weight excluding hydrogens is 915 g/mol. The predicted molar refractivity (Wildman–Crippen MR) is 281 cm³/mol. The molecule has 15 heteroatoms. The van der Waals surface area contributed by atoms with Crippen LogP contribution in [0.1, 0.15) is 266 Å². The smallest absolute Gasteiger partial charge is 0.397 e. The lowest BCUT2D eigenvalue weighted by molar-refractivity contribution is -0.254. The molecule has 2 unspecified atom stereocenters. The van der Waals surface area contributed by atoms with Crippen molar-refractivity contribution >= 4 is 37.3 Å². The Morgan fingerprint density at radius 2 is 1.01 bits per heavy atom. The molecule has 13 nitrogen and oxygen atoms in total. The van der Waals surface area contributed by atoms with Crippen LogP contribution in [0.4, 0.5) is 0 Å². The van der Waals surface area contributed by atoms with Gasteiger partial charge in [0.1, 0.15) is 24.4 Å². The first-order valence-electron chi connectivity index (χ1n) is 28.3. The summed E-state index contributed by atoms with van der Waals surface area (Å²) in [4.78, 5) is 41.2. The number of rotatable bonds is 45. The molecule has 408 valence electrons. The van der Waals surface area contributed by atoms with Crippen molar-refractivity contribution in [1.29, 1.82) is 0 Å². The van der Waals surface area contributed by atoms with E-state index in [1.807, 2.05) is 33.9 Å². The number of nitrogens with one attached hydrogen (secondary N) is 1. The molecule has 0 spiro atoms. The zero-order valence-electron chi connectivity index (χ0n) is 45.3. The Kier molecular flexibility index (Phi) is 38.7. The molecule has 1 heterocycles. The van der Waals surface area contributed by atoms with Crippen LogP contribution in [0.15, 0.2) is 0 Å². The molecule has 0 aliphatic carbocycles. The van der Waals surface area contributed by atoms with Crippen LogP contribution in [0.3, 0.4) is 0 Å². The average molecular weight is 1020 g/mol. The fourth-order valence-corrected chi connectivity index (χ4v) is 10.2. The SMILES string of the molecule is CCCCCCCCCCCCCC(=O)OC(CCCCCCCCCCC)CC(=O)N[C@H]1C(O[SiH](C)C)O[C@H](COC(C)(C)C)[C@@H](OS(=O)(=O)O)[C@@H]1OC(=O)CCCCCCCCCCCCC. The normalized spacial score (nSPS) is 19.2. The van der Waals surface area contributed by atoms with E-state index in [2.05, 4.69) is 26.1 Å². The Balaban J connectivity index is 3.20. The van der Waals surface area contributed by atoms with Crippen LogP contribution >= 0.6 is 0 Å². The van der Waals surface area contributed by atoms with Crippen molar-refractivity contribution in [2.45, 2.75) is 322 Å². The minimum absolute atomic E-state index is 0.0666. The average Bonchev–Trinajstić information content (AvgIpc) is 3.27. The zero-order valence-corrected chi connectivity index (χ0v) is 47.3. The van der Waals surface area contributed by atoms with E-state index >= 15 is 0 Å². The highest BCUT2D eigenvalue weighted by atomic mass is 32.3. The highest BCUT2D eigenvalue weighted by Gasteiger charge is 2.52. The van der Waals surface area contributed by atoms with Crippen LogP contribution in [0, 0.1) is 0 Å². The molecule has 1 aliphatic rings. The number of carbonyl (C=O) groups excluding carboxylic acids is 3. The van der Waals surface area contributed by atoms with Gasteiger partial charge in [-0.1, -0.05) is 201 Å². The second-order valence-electron chi connectivity index (χ2n) is 21.2. The molecule has 0 saturated carbocycles. The van der Waals surface area contributed by atoms with Crippen LogP contribution in [0.25, 0.3) is 0 Å². The van der Waals surface area contributed by atoms with Crippen molar-refractivity contribution in [2.75, 3.05) is 6.61 Å². The third kappa shape index (κ3) is 36.9. The Labute approximate surface area is 424 Å². The molecule has 1 amide bonds. The van der Waals surface area contributed by atoms with Gasteiger partial charge in [-0.3, -0.25) is 18.9 Å². The molecule has 0 aromatic heterocycles. The second kappa shape index (κ2) is 40.8. The van der Waals surface area contributed by atoms with Crippen molar-refractivity contribution in [3.8, 4) is 0 Å². The van der Waals surface area contributed by atoms with E-state index in [0.29, 0.717) is 12.8 Å². The molecule has 0 aromatic carbocycles. The van der Waals surface area contributed by atoms with Crippen molar-refractivity contribution < 1.29 is 54.9 Å². The largest absolute Gasteiger partial charge is 0.462 e. The molecule has 1 saturated heterocycles. The molecule has 0 bridgehead atoms. The molecule has 69 heavy (non-hydrogen) atoms. The van der Waals surface area contributed by atoms with Gasteiger partial charge in [-0.2, -0.15) is 8.42 Å². The van der Waals surface area contributed by atoms with E-state index in [4.69, 9.17) is 27.6 Å². The molecule has 1 fully saturated rings. The fraction of sp³-hybridized carbons (Fsp3) is 0.944. The lowest BCUT2D eigenvalue weighted by Crippen LogP contribution is -2.67. The summed E-state index contributed by atoms with van der Waals surface area (Å²) in [5.74, 6) is -1.44. The van der Waals surface area contributed by atoms with Crippen molar-refractivity contribution in [3.05, 3.63) is 0 Å². The van der Waals surface area contributed by atoms with Gasteiger partial charge in [-0.05, 0) is 59.5 Å². The van der Waals surface area contributed by atoms with E-state index < -0.39 is 73.7 Å². The van der Waals surface area contributed by atoms with E-state index in [1.165, 1.54) is 116 Å². The summed E-state index contributed by atoms with van der Waals surface area (Å²) in [5.41, 5.74) is -0.671. The summed E-state index contributed by atoms with van der Waals surface area (Å²) in [6, 6.07) is -1.23. The van der Waals surface area contributed by atoms with Gasteiger partial charge < -0.3 is 28.7 Å². The number of esters is 2. The van der Waals surface area contributed by atoms with Gasteiger partial charge in [-0.25, -0.2) is 4.18 Å². The van der Waals surface area contributed by atoms with Crippen molar-refractivity contribution in [3.63, 3.8) is 0 Å². The molecule has 1 aliphatic heterocycles. The Morgan fingerprint density at radius 3 is 1.42 bits per heavy atom. The van der Waals surface area contributed by atoms with Gasteiger partial charge in [0.15, 0.2) is 21.4 Å². The molecule has 0 aromatic rings. The zero-order chi connectivity index (χ0) is 51.2. The molecular formula is C54H105NO12SSi. The number of ether oxygens (including phenoxy) is 4. The second-order valence-corrected chi connectivity index (χ2v) is 24.6. The summed E-state index contributed by atoms with van der Waals surface area (Å²) in [6.07, 6.45) is 29.8. The van der Waals surface area contributed by atoms with Crippen LogP contribution in [0.2, 0.25) is 13.1 Å². The minimum Gasteiger partial charge on any atom is -0.462 e. The van der Waals surface area contributed by atoms with E-state index in [1.54, 1.807) is 0 Å². The van der Waals surface area contributed by atoms with E-state index in [9.17, 15) is 27.4 Å². The summed E-state index contributed by atoms with van der Waals surface area (Å²) in [6.45, 7) is 15.8. The summed E-state index contributed by atoms with van der Waals surface area (Å²) in [7, 11) is -7.04. The quantitative estimate of drug-likeness (QED) is 0.0256. The predicted octanol–water partition coefficient (Wildman–Crippen LogP) is 13.7. The maximum Gasteiger partial charge on any atom is 0.397 e. The maximum atomic E-state index is 14.2. The molecule has 0 radical (unpaired) electrons. The number of carbonyl (C=O) groups is 3. The van der Waals surface area contributed by atoms with Crippen molar-refractivity contribution in [2.24, 2.45) is 0 Å². The third-order valence-corrected chi connectivity index (χ3v) is 14.1. The summed E-state index contributed by atoms with van der Waals surface area (Å²) >= 11 is 0. The maximum absolute atomic E-state index is 14.2. The van der Waals surface area contributed by atoms with Gasteiger partial charge in [0.2, 0.25) is 5.91 Å². The lowest BCUT2D eigenvalue weighted by atomic mass is 9.96. The minimum atomic E-state index is -5.12. The third-order valence-electron chi connectivity index (χ3n) is 12.9. The Morgan fingerprint density at radius 1 is 0.609 bits per heavy atom. The lowest BCUT2D eigenvalue weighted by Gasteiger charge is -2.46. The highest BCUT2D eigenvalue weighted by Crippen LogP contribution is 2.31. The Bertz CT molecular complexity index is 1400. The number of hydrogen-bond acceptors (Lipinski definition) is 11. The van der Waals surface area contributed by atoms with Gasteiger partial charge >= 0.3 is 22.3 Å². The standard InChI is InChI=1S/C54H105NO12SSi/c1-9-12-15-18-21-24-26-29-32-35-38-41-48(57)63-45(40-37-34-31-28-23-20-17-14-11-3)43-47(56)55-50-52(65-49(58)42-39-36-33-30-27-25-22-19-16-13-10-2)51(66-68(59,60)61)46(44-62-54(4,5)6)64-53(50)67-69(7)8/h45-46,50-53,69H,9-44H2,1-8H3,(H,55,56)(H,59,60,61)/t45?,46-,50-,51-,52-,53?/m1/s1. The van der Waals surface area contributed by atoms with Crippen LogP contribution in [0.5, 0.6) is 0 Å². The first-order chi connectivity index (χ1) is 33.0. The molecule has 2 N–H and O–H groups in total. The van der Waals surface area contributed by atoms with Crippen LogP contribution < -0.4 is 5.32 Å². The first kappa shape index (κ1) is 65.4. The fourth-order valence-electron chi connectivity index (χ4n) is 8.96. The van der Waals surface area contributed by atoms with Crippen LogP contribution in [-0.2, 0) is 52.3 Å². The van der Waals surface area contributed by atoms with Gasteiger partial charge in [0, 0.05) is 12.8 Å². The first-order valence-corrected chi connectivity index (χ1v) is 32.4.